The second kappa shape index (κ2) is 7.17. The lowest BCUT2D eigenvalue weighted by Crippen LogP contribution is -2.45. The Bertz CT molecular complexity index is 792. The predicted octanol–water partition coefficient (Wildman–Crippen LogP) is 1.01. The Hall–Kier alpha value is -2.87. The van der Waals surface area contributed by atoms with Crippen LogP contribution in [0.3, 0.4) is 0 Å². The van der Waals surface area contributed by atoms with E-state index in [4.69, 9.17) is 9.47 Å². The summed E-state index contributed by atoms with van der Waals surface area (Å²) < 4.78 is 11.3. The van der Waals surface area contributed by atoms with Crippen molar-refractivity contribution in [3.05, 3.63) is 36.7 Å². The van der Waals surface area contributed by atoms with Crippen LogP contribution >= 0.6 is 0 Å². The summed E-state index contributed by atoms with van der Waals surface area (Å²) in [5, 5.41) is 2.80. The molecule has 3 heterocycles. The van der Waals surface area contributed by atoms with E-state index in [0.29, 0.717) is 17.3 Å². The van der Waals surface area contributed by atoms with E-state index >= 15 is 0 Å². The third-order valence-corrected chi connectivity index (χ3v) is 4.53. The van der Waals surface area contributed by atoms with Crippen LogP contribution in [0.2, 0.25) is 0 Å². The lowest BCUT2D eigenvalue weighted by atomic mass is 10.2. The van der Waals surface area contributed by atoms with Gasteiger partial charge < -0.3 is 24.6 Å². The first kappa shape index (κ1) is 16.6. The Balaban J connectivity index is 1.41. The zero-order valence-corrected chi connectivity index (χ0v) is 14.6. The lowest BCUT2D eigenvalue weighted by molar-refractivity contribution is -0.125. The molecule has 8 heteroatoms. The van der Waals surface area contributed by atoms with Crippen molar-refractivity contribution < 1.29 is 14.3 Å². The highest BCUT2D eigenvalue weighted by atomic mass is 16.6. The molecule has 0 aliphatic carbocycles. The van der Waals surface area contributed by atoms with Crippen LogP contribution in [0.4, 0.5) is 11.6 Å². The fraction of sp³-hybridized carbons (Fsp3) is 0.389. The van der Waals surface area contributed by atoms with Crippen LogP contribution in [0, 0.1) is 0 Å². The largest absolute Gasteiger partial charge is 0.485 e. The van der Waals surface area contributed by atoms with E-state index in [2.05, 4.69) is 32.1 Å². The standard InChI is InChI=1S/C18H21N5O3/c1-22-6-8-23(9-7-22)17-10-16(19-12-20-17)21-18(24)15-11-25-13-4-2-3-5-14(13)26-15/h2-5,10,12,15H,6-9,11H2,1H3,(H,19,20,21,24). The molecular weight excluding hydrogens is 334 g/mol. The Morgan fingerprint density at radius 3 is 2.73 bits per heavy atom. The lowest BCUT2D eigenvalue weighted by Gasteiger charge is -2.33. The van der Waals surface area contributed by atoms with Crippen LogP contribution < -0.4 is 19.7 Å². The number of piperazine rings is 1. The molecule has 1 aromatic carbocycles. The van der Waals surface area contributed by atoms with Crippen molar-refractivity contribution in [2.45, 2.75) is 6.10 Å². The second-order valence-electron chi connectivity index (χ2n) is 6.41. The summed E-state index contributed by atoms with van der Waals surface area (Å²) in [7, 11) is 2.10. The number of ether oxygens (including phenoxy) is 2. The fourth-order valence-corrected chi connectivity index (χ4v) is 2.98. The van der Waals surface area contributed by atoms with Gasteiger partial charge in [-0.15, -0.1) is 0 Å². The molecule has 1 N–H and O–H groups in total. The monoisotopic (exact) mass is 355 g/mol. The number of likely N-dealkylation sites (N-methyl/N-ethyl adjacent to an activating group) is 1. The van der Waals surface area contributed by atoms with Crippen molar-refractivity contribution in [1.29, 1.82) is 0 Å². The number of benzene rings is 1. The summed E-state index contributed by atoms with van der Waals surface area (Å²) in [6, 6.07) is 9.10. The van der Waals surface area contributed by atoms with Gasteiger partial charge in [0.1, 0.15) is 24.6 Å². The van der Waals surface area contributed by atoms with Crippen LogP contribution in [0.15, 0.2) is 36.7 Å². The molecule has 136 valence electrons. The van der Waals surface area contributed by atoms with Gasteiger partial charge in [0.05, 0.1) is 0 Å². The minimum absolute atomic E-state index is 0.166. The van der Waals surface area contributed by atoms with Crippen molar-refractivity contribution in [3.8, 4) is 11.5 Å². The van der Waals surface area contributed by atoms with Crippen LogP contribution in [-0.4, -0.2) is 66.7 Å². The number of nitrogens with one attached hydrogen (secondary N) is 1. The molecule has 0 radical (unpaired) electrons. The van der Waals surface area contributed by atoms with E-state index in [1.807, 2.05) is 18.2 Å². The topological polar surface area (TPSA) is 79.8 Å². The number of hydrogen-bond acceptors (Lipinski definition) is 7. The number of anilines is 2. The van der Waals surface area contributed by atoms with Crippen molar-refractivity contribution in [3.63, 3.8) is 0 Å². The number of para-hydroxylation sites is 2. The summed E-state index contributed by atoms with van der Waals surface area (Å²) in [5.41, 5.74) is 0. The zero-order chi connectivity index (χ0) is 17.9. The summed E-state index contributed by atoms with van der Waals surface area (Å²) in [6.45, 7) is 3.94. The predicted molar refractivity (Wildman–Crippen MR) is 96.7 cm³/mol. The average Bonchev–Trinajstić information content (AvgIpc) is 2.68. The summed E-state index contributed by atoms with van der Waals surface area (Å²) >= 11 is 0. The molecule has 0 bridgehead atoms. The number of rotatable bonds is 3. The van der Waals surface area contributed by atoms with Gasteiger partial charge in [-0.1, -0.05) is 12.1 Å². The normalized spacial score (nSPS) is 19.9. The quantitative estimate of drug-likeness (QED) is 0.880. The van der Waals surface area contributed by atoms with E-state index in [1.54, 1.807) is 12.1 Å². The number of carbonyl (C=O) groups excluding carboxylic acids is 1. The molecule has 2 aliphatic heterocycles. The van der Waals surface area contributed by atoms with Crippen molar-refractivity contribution in [2.75, 3.05) is 50.1 Å². The fourth-order valence-electron chi connectivity index (χ4n) is 2.98. The highest BCUT2D eigenvalue weighted by Crippen LogP contribution is 2.31. The number of aromatic nitrogens is 2. The van der Waals surface area contributed by atoms with E-state index in [-0.39, 0.29) is 12.5 Å². The molecule has 1 aromatic heterocycles. The third kappa shape index (κ3) is 3.55. The molecule has 2 aromatic rings. The molecule has 0 spiro atoms. The van der Waals surface area contributed by atoms with Gasteiger partial charge in [0.2, 0.25) is 6.10 Å². The van der Waals surface area contributed by atoms with E-state index in [9.17, 15) is 4.79 Å². The maximum Gasteiger partial charge on any atom is 0.270 e. The minimum Gasteiger partial charge on any atom is -0.485 e. The third-order valence-electron chi connectivity index (χ3n) is 4.53. The smallest absolute Gasteiger partial charge is 0.270 e. The highest BCUT2D eigenvalue weighted by molar-refractivity contribution is 5.94. The summed E-state index contributed by atoms with van der Waals surface area (Å²) in [6.07, 6.45) is 0.753. The van der Waals surface area contributed by atoms with Crippen LogP contribution in [-0.2, 0) is 4.79 Å². The van der Waals surface area contributed by atoms with Gasteiger partial charge >= 0.3 is 0 Å². The van der Waals surface area contributed by atoms with Gasteiger partial charge in [-0.25, -0.2) is 9.97 Å². The Morgan fingerprint density at radius 2 is 1.92 bits per heavy atom. The highest BCUT2D eigenvalue weighted by Gasteiger charge is 2.27. The summed E-state index contributed by atoms with van der Waals surface area (Å²) in [5.74, 6) is 2.20. The van der Waals surface area contributed by atoms with Gasteiger partial charge in [0.15, 0.2) is 11.5 Å². The molecule has 1 atom stereocenters. The number of hydrogen-bond donors (Lipinski definition) is 1. The molecule has 26 heavy (non-hydrogen) atoms. The summed E-state index contributed by atoms with van der Waals surface area (Å²) in [4.78, 5) is 25.5. The first-order valence-electron chi connectivity index (χ1n) is 8.64. The van der Waals surface area contributed by atoms with Crippen LogP contribution in [0.5, 0.6) is 11.5 Å². The molecule has 8 nitrogen and oxygen atoms in total. The Kier molecular flexibility index (Phi) is 4.57. The molecule has 4 rings (SSSR count). The number of fused-ring (bicyclic) bond motifs is 1. The SMILES string of the molecule is CN1CCN(c2cc(NC(=O)C3COc4ccccc4O3)ncn2)CC1. The minimum atomic E-state index is -0.716. The maximum absolute atomic E-state index is 12.5. The molecule has 0 saturated carbocycles. The van der Waals surface area contributed by atoms with Crippen LogP contribution in [0.25, 0.3) is 0 Å². The molecule has 1 saturated heterocycles. The number of amides is 1. The van der Waals surface area contributed by atoms with Gasteiger partial charge in [0, 0.05) is 32.2 Å². The number of nitrogens with zero attached hydrogens (tertiary/aromatic N) is 4. The molecular formula is C18H21N5O3. The molecule has 1 fully saturated rings. The van der Waals surface area contributed by atoms with Crippen molar-refractivity contribution >= 4 is 17.5 Å². The van der Waals surface area contributed by atoms with Gasteiger partial charge in [-0.05, 0) is 19.2 Å². The van der Waals surface area contributed by atoms with Crippen molar-refractivity contribution in [2.24, 2.45) is 0 Å². The van der Waals surface area contributed by atoms with Gasteiger partial charge in [0.25, 0.3) is 5.91 Å². The molecule has 1 amide bonds. The van der Waals surface area contributed by atoms with Gasteiger partial charge in [-0.3, -0.25) is 4.79 Å². The average molecular weight is 355 g/mol. The Labute approximate surface area is 151 Å². The Morgan fingerprint density at radius 1 is 1.15 bits per heavy atom. The molecule has 1 unspecified atom stereocenters. The van der Waals surface area contributed by atoms with Crippen LogP contribution in [0.1, 0.15) is 0 Å². The first-order chi connectivity index (χ1) is 12.7. The van der Waals surface area contributed by atoms with Gasteiger partial charge in [-0.2, -0.15) is 0 Å². The van der Waals surface area contributed by atoms with E-state index in [1.165, 1.54) is 6.33 Å². The first-order valence-corrected chi connectivity index (χ1v) is 8.64. The maximum atomic E-state index is 12.5. The van der Waals surface area contributed by atoms with Crippen molar-refractivity contribution in [1.82, 2.24) is 14.9 Å². The zero-order valence-electron chi connectivity index (χ0n) is 14.6. The van der Waals surface area contributed by atoms with E-state index in [0.717, 1.165) is 32.0 Å². The number of carbonyl (C=O) groups is 1. The second-order valence-corrected chi connectivity index (χ2v) is 6.41. The molecule has 2 aliphatic rings. The van der Waals surface area contributed by atoms with E-state index < -0.39 is 6.10 Å².